The Balaban J connectivity index is 2.30. The van der Waals surface area contributed by atoms with Gasteiger partial charge in [0.1, 0.15) is 0 Å². The normalized spacial score (nSPS) is 39.8. The van der Waals surface area contributed by atoms with Crippen molar-refractivity contribution < 1.29 is 4.79 Å². The third-order valence-electron chi connectivity index (χ3n) is 3.18. The minimum Gasteiger partial charge on any atom is -0.295 e. The molecule has 0 radical (unpaired) electrons. The van der Waals surface area contributed by atoms with E-state index < -0.39 is 0 Å². The zero-order valence-electron chi connectivity index (χ0n) is 7.42. The van der Waals surface area contributed by atoms with E-state index in [9.17, 15) is 4.79 Å². The second-order valence-electron chi connectivity index (χ2n) is 4.12. The van der Waals surface area contributed by atoms with Crippen molar-refractivity contribution in [3.63, 3.8) is 0 Å². The van der Waals surface area contributed by atoms with Gasteiger partial charge in [0.25, 0.3) is 0 Å². The zero-order valence-corrected chi connectivity index (χ0v) is 7.42. The molecular formula is C11H14O. The van der Waals surface area contributed by atoms with Crippen molar-refractivity contribution in [1.82, 2.24) is 0 Å². The second-order valence-corrected chi connectivity index (χ2v) is 4.12. The predicted octanol–water partition coefficient (Wildman–Crippen LogP) is 2.49. The van der Waals surface area contributed by atoms with Gasteiger partial charge in [-0.1, -0.05) is 25.2 Å². The van der Waals surface area contributed by atoms with Gasteiger partial charge in [0.05, 0.1) is 0 Å². The first kappa shape index (κ1) is 7.78. The summed E-state index contributed by atoms with van der Waals surface area (Å²) in [7, 11) is 0. The minimum absolute atomic E-state index is 0.267. The largest absolute Gasteiger partial charge is 0.295 e. The Hall–Kier alpha value is -0.850. The molecule has 12 heavy (non-hydrogen) atoms. The van der Waals surface area contributed by atoms with Crippen molar-refractivity contribution in [3.05, 3.63) is 24.3 Å². The van der Waals surface area contributed by atoms with Gasteiger partial charge in [-0.15, -0.1) is 0 Å². The van der Waals surface area contributed by atoms with Crippen LogP contribution in [0.5, 0.6) is 0 Å². The summed E-state index contributed by atoms with van der Waals surface area (Å²) in [6.07, 6.45) is 11.2. The van der Waals surface area contributed by atoms with Crippen LogP contribution in [0.1, 0.15) is 26.2 Å². The summed E-state index contributed by atoms with van der Waals surface area (Å²) in [6.45, 7) is 2.25. The fraction of sp³-hybridized carbons (Fsp3) is 0.545. The van der Waals surface area contributed by atoms with E-state index in [-0.39, 0.29) is 5.41 Å². The molecular weight excluding hydrogens is 148 g/mol. The van der Waals surface area contributed by atoms with E-state index in [0.29, 0.717) is 11.7 Å². The molecule has 0 N–H and O–H groups in total. The summed E-state index contributed by atoms with van der Waals surface area (Å²) in [5.41, 5.74) is 0.267. The van der Waals surface area contributed by atoms with Gasteiger partial charge in [0.15, 0.2) is 5.78 Å². The van der Waals surface area contributed by atoms with Crippen LogP contribution in [0.15, 0.2) is 24.3 Å². The molecule has 0 fully saturated rings. The van der Waals surface area contributed by atoms with Crippen LogP contribution in [-0.4, -0.2) is 5.78 Å². The van der Waals surface area contributed by atoms with Crippen LogP contribution in [-0.2, 0) is 4.79 Å². The third kappa shape index (κ3) is 1.13. The Kier molecular flexibility index (Phi) is 1.67. The molecule has 2 atom stereocenters. The molecule has 0 aliphatic heterocycles. The van der Waals surface area contributed by atoms with E-state index in [1.54, 1.807) is 6.08 Å². The maximum Gasteiger partial charge on any atom is 0.155 e. The number of allylic oxidation sites excluding steroid dienone is 4. The lowest BCUT2D eigenvalue weighted by Crippen LogP contribution is -2.31. The van der Waals surface area contributed by atoms with Gasteiger partial charge in [0, 0.05) is 6.42 Å². The van der Waals surface area contributed by atoms with E-state index in [1.165, 1.54) is 0 Å². The first-order chi connectivity index (χ1) is 5.71. The van der Waals surface area contributed by atoms with Gasteiger partial charge in [-0.05, 0) is 30.3 Å². The standard InChI is InChI=1S/C11H14O/c1-11-6-3-2-4-9(11)8-10(12)5-7-11/h2-3,5,7,9H,4,6,8H2,1H3/t9-,11-/m1/s1. The Bertz CT molecular complexity index is 262. The Morgan fingerprint density at radius 2 is 2.33 bits per heavy atom. The van der Waals surface area contributed by atoms with Gasteiger partial charge in [-0.2, -0.15) is 0 Å². The molecule has 0 heterocycles. The zero-order chi connectivity index (χ0) is 8.60. The van der Waals surface area contributed by atoms with Crippen molar-refractivity contribution in [1.29, 1.82) is 0 Å². The van der Waals surface area contributed by atoms with E-state index >= 15 is 0 Å². The van der Waals surface area contributed by atoms with Crippen molar-refractivity contribution in [2.45, 2.75) is 26.2 Å². The summed E-state index contributed by atoms with van der Waals surface area (Å²) in [5.74, 6) is 0.854. The summed E-state index contributed by atoms with van der Waals surface area (Å²) in [6, 6.07) is 0. The fourth-order valence-corrected chi connectivity index (χ4v) is 2.15. The molecule has 0 saturated heterocycles. The molecule has 1 heteroatoms. The highest BCUT2D eigenvalue weighted by Crippen LogP contribution is 2.43. The molecule has 2 aliphatic rings. The number of hydrogen-bond acceptors (Lipinski definition) is 1. The van der Waals surface area contributed by atoms with Crippen molar-refractivity contribution in [2.75, 3.05) is 0 Å². The summed E-state index contributed by atoms with van der Waals surface area (Å²) < 4.78 is 0. The molecule has 0 spiro atoms. The number of ketones is 1. The van der Waals surface area contributed by atoms with E-state index in [0.717, 1.165) is 19.3 Å². The molecule has 0 aromatic rings. The summed E-state index contributed by atoms with van der Waals surface area (Å²) >= 11 is 0. The van der Waals surface area contributed by atoms with Crippen LogP contribution in [0, 0.1) is 11.3 Å². The maximum absolute atomic E-state index is 11.1. The SMILES string of the molecule is C[C@@]12C=CC(=O)C[C@H]1CC=CC2. The molecule has 1 nitrogen and oxygen atoms in total. The average molecular weight is 162 g/mol. The molecule has 0 unspecified atom stereocenters. The first-order valence-electron chi connectivity index (χ1n) is 4.58. The monoisotopic (exact) mass is 162 g/mol. The minimum atomic E-state index is 0.267. The first-order valence-corrected chi connectivity index (χ1v) is 4.58. The van der Waals surface area contributed by atoms with Gasteiger partial charge in [-0.25, -0.2) is 0 Å². The quantitative estimate of drug-likeness (QED) is 0.500. The van der Waals surface area contributed by atoms with Crippen LogP contribution >= 0.6 is 0 Å². The lowest BCUT2D eigenvalue weighted by Gasteiger charge is -2.38. The highest BCUT2D eigenvalue weighted by atomic mass is 16.1. The van der Waals surface area contributed by atoms with E-state index in [2.05, 4.69) is 25.2 Å². The molecule has 0 saturated carbocycles. The smallest absolute Gasteiger partial charge is 0.155 e. The lowest BCUT2D eigenvalue weighted by molar-refractivity contribution is -0.117. The Morgan fingerprint density at radius 1 is 1.50 bits per heavy atom. The molecule has 2 rings (SSSR count). The van der Waals surface area contributed by atoms with Gasteiger partial charge in [0.2, 0.25) is 0 Å². The Labute approximate surface area is 73.2 Å². The third-order valence-corrected chi connectivity index (χ3v) is 3.18. The van der Waals surface area contributed by atoms with Gasteiger partial charge in [-0.3, -0.25) is 4.79 Å². The highest BCUT2D eigenvalue weighted by Gasteiger charge is 2.35. The number of rotatable bonds is 0. The van der Waals surface area contributed by atoms with Crippen molar-refractivity contribution in [2.24, 2.45) is 11.3 Å². The molecule has 0 aromatic carbocycles. The number of carbonyl (C=O) groups is 1. The second kappa shape index (κ2) is 2.58. The molecule has 64 valence electrons. The van der Waals surface area contributed by atoms with Crippen LogP contribution in [0.3, 0.4) is 0 Å². The molecule has 0 amide bonds. The maximum atomic E-state index is 11.1. The van der Waals surface area contributed by atoms with Crippen LogP contribution in [0.25, 0.3) is 0 Å². The van der Waals surface area contributed by atoms with E-state index in [4.69, 9.17) is 0 Å². The van der Waals surface area contributed by atoms with E-state index in [1.807, 2.05) is 0 Å². The topological polar surface area (TPSA) is 17.1 Å². The average Bonchev–Trinajstić information content (AvgIpc) is 2.06. The van der Waals surface area contributed by atoms with Gasteiger partial charge >= 0.3 is 0 Å². The molecule has 2 aliphatic carbocycles. The van der Waals surface area contributed by atoms with Crippen LogP contribution < -0.4 is 0 Å². The van der Waals surface area contributed by atoms with Crippen molar-refractivity contribution >= 4 is 5.78 Å². The molecule has 0 aromatic heterocycles. The highest BCUT2D eigenvalue weighted by molar-refractivity contribution is 5.91. The Morgan fingerprint density at radius 3 is 3.17 bits per heavy atom. The van der Waals surface area contributed by atoms with Crippen LogP contribution in [0.2, 0.25) is 0 Å². The van der Waals surface area contributed by atoms with Crippen LogP contribution in [0.4, 0.5) is 0 Å². The number of hydrogen-bond donors (Lipinski definition) is 0. The van der Waals surface area contributed by atoms with Gasteiger partial charge < -0.3 is 0 Å². The predicted molar refractivity (Wildman–Crippen MR) is 48.7 cm³/mol. The lowest BCUT2D eigenvalue weighted by atomic mass is 9.66. The summed E-state index contributed by atoms with van der Waals surface area (Å²) in [4.78, 5) is 11.1. The fourth-order valence-electron chi connectivity index (χ4n) is 2.15. The molecule has 0 bridgehead atoms. The number of carbonyl (C=O) groups excluding carboxylic acids is 1. The summed E-state index contributed by atoms with van der Waals surface area (Å²) in [5, 5.41) is 0. The number of fused-ring (bicyclic) bond motifs is 1. The van der Waals surface area contributed by atoms with Crippen molar-refractivity contribution in [3.8, 4) is 0 Å².